The minimum atomic E-state index is -2.91. The third kappa shape index (κ3) is 2.43. The lowest BCUT2D eigenvalue weighted by Gasteiger charge is -2.08. The Bertz CT molecular complexity index is 400. The number of nitrogens with zero attached hydrogens (tertiary/aromatic N) is 1. The van der Waals surface area contributed by atoms with Crippen LogP contribution in [0, 0.1) is 0 Å². The summed E-state index contributed by atoms with van der Waals surface area (Å²) in [6.07, 6.45) is -2.08. The van der Waals surface area contributed by atoms with Crippen LogP contribution in [0.4, 0.5) is 8.78 Å². The van der Waals surface area contributed by atoms with Gasteiger partial charge in [-0.1, -0.05) is 27.5 Å². The van der Waals surface area contributed by atoms with Crippen LogP contribution in [0.3, 0.4) is 0 Å². The second-order valence-electron chi connectivity index (χ2n) is 2.59. The van der Waals surface area contributed by atoms with Gasteiger partial charge in [-0.15, -0.1) is 0 Å². The minimum absolute atomic E-state index is 0.204. The SMILES string of the molecule is O=C(O)c1c(C(F)F)cnc(CBr)c1Cl. The number of rotatable bonds is 3. The maximum atomic E-state index is 12.4. The molecule has 0 aliphatic rings. The van der Waals surface area contributed by atoms with Crippen molar-refractivity contribution in [3.05, 3.63) is 28.0 Å². The number of halogens is 4. The molecule has 0 aromatic carbocycles. The molecule has 0 saturated carbocycles. The van der Waals surface area contributed by atoms with Crippen LogP contribution in [0.5, 0.6) is 0 Å². The van der Waals surface area contributed by atoms with Crippen molar-refractivity contribution in [2.24, 2.45) is 0 Å². The molecule has 0 spiro atoms. The zero-order chi connectivity index (χ0) is 11.6. The number of hydrogen-bond acceptors (Lipinski definition) is 2. The lowest BCUT2D eigenvalue weighted by Crippen LogP contribution is -2.07. The van der Waals surface area contributed by atoms with E-state index in [2.05, 4.69) is 20.9 Å². The fourth-order valence-corrected chi connectivity index (χ4v) is 1.91. The van der Waals surface area contributed by atoms with Crippen molar-refractivity contribution in [3.8, 4) is 0 Å². The Hall–Kier alpha value is -0.750. The maximum absolute atomic E-state index is 12.4. The largest absolute Gasteiger partial charge is 0.478 e. The fraction of sp³-hybridized carbons (Fsp3) is 0.250. The Balaban J connectivity index is 3.44. The van der Waals surface area contributed by atoms with Gasteiger partial charge < -0.3 is 5.11 Å². The van der Waals surface area contributed by atoms with Crippen LogP contribution in [0.15, 0.2) is 6.20 Å². The molecule has 0 atom stereocenters. The molecule has 0 unspecified atom stereocenters. The third-order valence-electron chi connectivity index (χ3n) is 1.70. The van der Waals surface area contributed by atoms with E-state index in [-0.39, 0.29) is 16.0 Å². The first-order chi connectivity index (χ1) is 6.99. The molecule has 0 amide bonds. The van der Waals surface area contributed by atoms with Crippen LogP contribution in [0.2, 0.25) is 5.02 Å². The highest BCUT2D eigenvalue weighted by Gasteiger charge is 2.23. The van der Waals surface area contributed by atoms with E-state index in [0.29, 0.717) is 0 Å². The second-order valence-corrected chi connectivity index (χ2v) is 3.53. The molecule has 0 saturated heterocycles. The van der Waals surface area contributed by atoms with Gasteiger partial charge in [0.05, 0.1) is 21.8 Å². The number of alkyl halides is 3. The van der Waals surface area contributed by atoms with Crippen molar-refractivity contribution in [2.45, 2.75) is 11.8 Å². The fourth-order valence-electron chi connectivity index (χ4n) is 1.02. The number of aromatic nitrogens is 1. The summed E-state index contributed by atoms with van der Waals surface area (Å²) in [5.41, 5.74) is -1.04. The zero-order valence-corrected chi connectivity index (χ0v) is 9.52. The standard InChI is InChI=1S/C8H5BrClF2NO2/c9-1-4-6(10)5(8(14)15)3(2-13-4)7(11)12/h2,7H,1H2,(H,14,15). The molecule has 0 radical (unpaired) electrons. The molecule has 82 valence electrons. The summed E-state index contributed by atoms with van der Waals surface area (Å²) < 4.78 is 24.9. The Morgan fingerprint density at radius 2 is 2.27 bits per heavy atom. The monoisotopic (exact) mass is 299 g/mol. The summed E-state index contributed by atoms with van der Waals surface area (Å²) in [7, 11) is 0. The van der Waals surface area contributed by atoms with E-state index in [1.807, 2.05) is 0 Å². The molecule has 0 fully saturated rings. The van der Waals surface area contributed by atoms with Crippen molar-refractivity contribution in [1.29, 1.82) is 0 Å². The van der Waals surface area contributed by atoms with Gasteiger partial charge in [0.25, 0.3) is 6.43 Å². The van der Waals surface area contributed by atoms with Crippen molar-refractivity contribution >= 4 is 33.5 Å². The third-order valence-corrected chi connectivity index (χ3v) is 2.63. The predicted molar refractivity (Wildman–Crippen MR) is 53.8 cm³/mol. The van der Waals surface area contributed by atoms with Crippen molar-refractivity contribution in [2.75, 3.05) is 0 Å². The van der Waals surface area contributed by atoms with Gasteiger partial charge in [-0.25, -0.2) is 13.6 Å². The van der Waals surface area contributed by atoms with E-state index >= 15 is 0 Å². The molecule has 1 heterocycles. The van der Waals surface area contributed by atoms with Gasteiger partial charge in [-0.05, 0) is 0 Å². The number of hydrogen-bond donors (Lipinski definition) is 1. The van der Waals surface area contributed by atoms with Crippen LogP contribution in [0.1, 0.15) is 28.0 Å². The predicted octanol–water partition coefficient (Wildman–Crippen LogP) is 3.27. The summed E-state index contributed by atoms with van der Waals surface area (Å²) in [5, 5.41) is 8.71. The summed E-state index contributed by atoms with van der Waals surface area (Å²) >= 11 is 8.67. The highest BCUT2D eigenvalue weighted by molar-refractivity contribution is 9.08. The van der Waals surface area contributed by atoms with Gasteiger partial charge in [0.1, 0.15) is 0 Å². The first-order valence-corrected chi connectivity index (χ1v) is 5.23. The zero-order valence-electron chi connectivity index (χ0n) is 7.18. The lowest BCUT2D eigenvalue weighted by molar-refractivity contribution is 0.0684. The maximum Gasteiger partial charge on any atom is 0.337 e. The van der Waals surface area contributed by atoms with Gasteiger partial charge in [0, 0.05) is 11.5 Å². The van der Waals surface area contributed by atoms with E-state index < -0.39 is 23.5 Å². The second kappa shape index (κ2) is 4.85. The van der Waals surface area contributed by atoms with E-state index in [4.69, 9.17) is 16.7 Å². The summed E-state index contributed by atoms with van der Waals surface area (Å²) in [5.74, 6) is -1.49. The molecular formula is C8H5BrClF2NO2. The molecule has 1 aromatic heterocycles. The van der Waals surface area contributed by atoms with Crippen LogP contribution in [0.25, 0.3) is 0 Å². The summed E-state index contributed by atoms with van der Waals surface area (Å²) in [6.45, 7) is 0. The van der Waals surface area contributed by atoms with Gasteiger partial charge in [-0.3, -0.25) is 4.98 Å². The summed E-state index contributed by atoms with van der Waals surface area (Å²) in [4.78, 5) is 14.4. The topological polar surface area (TPSA) is 50.2 Å². The quantitative estimate of drug-likeness (QED) is 0.872. The highest BCUT2D eigenvalue weighted by Crippen LogP contribution is 2.30. The summed E-state index contributed by atoms with van der Waals surface area (Å²) in [6, 6.07) is 0. The van der Waals surface area contributed by atoms with Crippen LogP contribution < -0.4 is 0 Å². The molecule has 7 heteroatoms. The normalized spacial score (nSPS) is 10.7. The Morgan fingerprint density at radius 1 is 1.67 bits per heavy atom. The lowest BCUT2D eigenvalue weighted by atomic mass is 10.1. The Kier molecular flexibility index (Phi) is 3.98. The smallest absolute Gasteiger partial charge is 0.337 e. The van der Waals surface area contributed by atoms with Crippen LogP contribution >= 0.6 is 27.5 Å². The van der Waals surface area contributed by atoms with Gasteiger partial charge in [0.15, 0.2) is 0 Å². The molecule has 1 rings (SSSR count). The number of carbonyl (C=O) groups is 1. The number of carboxylic acids is 1. The van der Waals surface area contributed by atoms with E-state index in [0.717, 1.165) is 6.20 Å². The van der Waals surface area contributed by atoms with Gasteiger partial charge >= 0.3 is 5.97 Å². The van der Waals surface area contributed by atoms with E-state index in [1.165, 1.54) is 0 Å². The molecule has 3 nitrogen and oxygen atoms in total. The molecule has 0 bridgehead atoms. The van der Waals surface area contributed by atoms with Crippen molar-refractivity contribution in [3.63, 3.8) is 0 Å². The highest BCUT2D eigenvalue weighted by atomic mass is 79.9. The average Bonchev–Trinajstić information content (AvgIpc) is 2.16. The van der Waals surface area contributed by atoms with E-state index in [1.54, 1.807) is 0 Å². The van der Waals surface area contributed by atoms with Crippen molar-refractivity contribution in [1.82, 2.24) is 4.98 Å². The first-order valence-electron chi connectivity index (χ1n) is 3.73. The van der Waals surface area contributed by atoms with E-state index in [9.17, 15) is 13.6 Å². The Labute approximate surface area is 97.2 Å². The molecule has 0 aliphatic heterocycles. The molecule has 1 aromatic rings. The average molecular weight is 300 g/mol. The minimum Gasteiger partial charge on any atom is -0.478 e. The Morgan fingerprint density at radius 3 is 2.67 bits per heavy atom. The first kappa shape index (κ1) is 12.3. The molecule has 0 aliphatic carbocycles. The molecule has 1 N–H and O–H groups in total. The number of aromatic carboxylic acids is 1. The van der Waals surface area contributed by atoms with Gasteiger partial charge in [0.2, 0.25) is 0 Å². The number of carboxylic acid groups (broad SMARTS) is 1. The van der Waals surface area contributed by atoms with Crippen molar-refractivity contribution < 1.29 is 18.7 Å². The van der Waals surface area contributed by atoms with Gasteiger partial charge in [-0.2, -0.15) is 0 Å². The number of pyridine rings is 1. The van der Waals surface area contributed by atoms with Crippen LogP contribution in [-0.2, 0) is 5.33 Å². The molecule has 15 heavy (non-hydrogen) atoms. The van der Waals surface area contributed by atoms with Crippen LogP contribution in [-0.4, -0.2) is 16.1 Å². The molecular weight excluding hydrogens is 295 g/mol.